The van der Waals surface area contributed by atoms with Crippen molar-refractivity contribution in [3.05, 3.63) is 59.9 Å². The van der Waals surface area contributed by atoms with Gasteiger partial charge in [0, 0.05) is 43.3 Å². The summed E-state index contributed by atoms with van der Waals surface area (Å²) in [5, 5.41) is 2.95. The molecule has 1 saturated heterocycles. The lowest BCUT2D eigenvalue weighted by Gasteiger charge is -2.27. The number of carbonyl (C=O) groups excluding carboxylic acids is 2. The molecule has 2 aromatic rings. The Hall–Kier alpha value is -2.34. The van der Waals surface area contributed by atoms with E-state index in [4.69, 9.17) is 0 Å². The number of rotatable bonds is 7. The Morgan fingerprint density at radius 2 is 2.08 bits per heavy atom. The molecule has 6 heteroatoms. The van der Waals surface area contributed by atoms with Gasteiger partial charge in [-0.3, -0.25) is 14.6 Å². The Morgan fingerprint density at radius 1 is 1.19 bits per heavy atom. The van der Waals surface area contributed by atoms with Gasteiger partial charge in [0.2, 0.25) is 11.8 Å². The Bertz CT molecular complexity index is 752. The van der Waals surface area contributed by atoms with Crippen molar-refractivity contribution in [3.63, 3.8) is 0 Å². The molecule has 0 saturated carbocycles. The first-order valence-corrected chi connectivity index (χ1v) is 10.0. The van der Waals surface area contributed by atoms with E-state index in [-0.39, 0.29) is 11.8 Å². The minimum absolute atomic E-state index is 0.0124. The highest BCUT2D eigenvalue weighted by molar-refractivity contribution is 7.99. The number of nitrogens with zero attached hydrogens (tertiary/aromatic N) is 2. The van der Waals surface area contributed by atoms with Gasteiger partial charge in [-0.15, -0.1) is 11.8 Å². The van der Waals surface area contributed by atoms with Crippen molar-refractivity contribution in [2.75, 3.05) is 17.2 Å². The number of hydrogen-bond donors (Lipinski definition) is 1. The smallest absolute Gasteiger partial charge is 0.230 e. The predicted octanol–water partition coefficient (Wildman–Crippen LogP) is 3.15. The molecule has 2 heterocycles. The minimum atomic E-state index is 0.0124. The number of hydrogen-bond acceptors (Lipinski definition) is 4. The molecule has 1 aromatic heterocycles. The summed E-state index contributed by atoms with van der Waals surface area (Å²) in [5.41, 5.74) is 3.04. The first-order valence-electron chi connectivity index (χ1n) is 8.85. The van der Waals surface area contributed by atoms with Crippen molar-refractivity contribution in [1.29, 1.82) is 0 Å². The van der Waals surface area contributed by atoms with Crippen molar-refractivity contribution in [1.82, 2.24) is 10.3 Å². The van der Waals surface area contributed by atoms with Crippen molar-refractivity contribution in [2.45, 2.75) is 31.6 Å². The first kappa shape index (κ1) is 18.5. The Morgan fingerprint density at radius 3 is 2.88 bits per heavy atom. The molecular formula is C20H23N3O2S. The van der Waals surface area contributed by atoms with Gasteiger partial charge in [-0.2, -0.15) is 0 Å². The highest BCUT2D eigenvalue weighted by atomic mass is 32.2. The van der Waals surface area contributed by atoms with Crippen LogP contribution in [-0.4, -0.2) is 29.1 Å². The van der Waals surface area contributed by atoms with Crippen LogP contribution >= 0.6 is 11.8 Å². The van der Waals surface area contributed by atoms with Gasteiger partial charge in [-0.05, 0) is 42.2 Å². The van der Waals surface area contributed by atoms with Gasteiger partial charge in [0.05, 0.1) is 5.75 Å². The molecule has 1 aliphatic heterocycles. The SMILES string of the molecule is O=C(CSCc1cccnc1)NCc1cccc(N2CCCCC2=O)c1. The van der Waals surface area contributed by atoms with E-state index in [0.29, 0.717) is 18.7 Å². The largest absolute Gasteiger partial charge is 0.351 e. The summed E-state index contributed by atoms with van der Waals surface area (Å²) < 4.78 is 0. The highest BCUT2D eigenvalue weighted by Crippen LogP contribution is 2.22. The Kier molecular flexibility index (Phi) is 6.66. The molecule has 5 nitrogen and oxygen atoms in total. The average molecular weight is 369 g/mol. The minimum Gasteiger partial charge on any atom is -0.351 e. The summed E-state index contributed by atoms with van der Waals surface area (Å²) in [6, 6.07) is 11.8. The summed E-state index contributed by atoms with van der Waals surface area (Å²) in [6.45, 7) is 1.25. The molecule has 26 heavy (non-hydrogen) atoms. The summed E-state index contributed by atoms with van der Waals surface area (Å²) >= 11 is 1.57. The van der Waals surface area contributed by atoms with Gasteiger partial charge in [0.1, 0.15) is 0 Å². The quantitative estimate of drug-likeness (QED) is 0.814. The lowest BCUT2D eigenvalue weighted by Crippen LogP contribution is -2.35. The Balaban J connectivity index is 1.46. The van der Waals surface area contributed by atoms with Crippen molar-refractivity contribution in [2.24, 2.45) is 0 Å². The number of aromatic nitrogens is 1. The molecule has 0 aliphatic carbocycles. The zero-order chi connectivity index (χ0) is 18.2. The fraction of sp³-hybridized carbons (Fsp3) is 0.350. The van der Waals surface area contributed by atoms with Crippen LogP contribution in [0.5, 0.6) is 0 Å². The summed E-state index contributed by atoms with van der Waals surface area (Å²) in [6.07, 6.45) is 6.20. The van der Waals surface area contributed by atoms with Crippen LogP contribution < -0.4 is 10.2 Å². The van der Waals surface area contributed by atoms with Crippen LogP contribution in [0.1, 0.15) is 30.4 Å². The maximum Gasteiger partial charge on any atom is 0.230 e. The molecule has 1 N–H and O–H groups in total. The van der Waals surface area contributed by atoms with E-state index in [1.165, 1.54) is 0 Å². The second kappa shape index (κ2) is 9.38. The van der Waals surface area contributed by atoms with Crippen LogP contribution in [-0.2, 0) is 21.9 Å². The summed E-state index contributed by atoms with van der Waals surface area (Å²) in [5.74, 6) is 1.38. The van der Waals surface area contributed by atoms with Crippen molar-refractivity contribution >= 4 is 29.3 Å². The number of anilines is 1. The molecule has 1 aliphatic rings. The zero-order valence-electron chi connectivity index (χ0n) is 14.7. The number of benzene rings is 1. The van der Waals surface area contributed by atoms with Gasteiger partial charge < -0.3 is 10.2 Å². The van der Waals surface area contributed by atoms with Crippen LogP contribution in [0.25, 0.3) is 0 Å². The zero-order valence-corrected chi connectivity index (χ0v) is 15.5. The molecule has 0 bridgehead atoms. The molecular weight excluding hydrogens is 346 g/mol. The molecule has 0 radical (unpaired) electrons. The molecule has 3 rings (SSSR count). The molecule has 1 aromatic carbocycles. The predicted molar refractivity (Wildman–Crippen MR) is 105 cm³/mol. The fourth-order valence-corrected chi connectivity index (χ4v) is 3.71. The maximum absolute atomic E-state index is 12.1. The number of carbonyl (C=O) groups is 2. The molecule has 0 atom stereocenters. The summed E-state index contributed by atoms with van der Waals surface area (Å²) in [7, 11) is 0. The van der Waals surface area contributed by atoms with E-state index >= 15 is 0 Å². The second-order valence-electron chi connectivity index (χ2n) is 6.30. The lowest BCUT2D eigenvalue weighted by atomic mass is 10.1. The number of piperidine rings is 1. The van der Waals surface area contributed by atoms with E-state index in [0.717, 1.165) is 42.0 Å². The van der Waals surface area contributed by atoms with E-state index in [1.54, 1.807) is 18.0 Å². The summed E-state index contributed by atoms with van der Waals surface area (Å²) in [4.78, 5) is 30.0. The second-order valence-corrected chi connectivity index (χ2v) is 7.29. The maximum atomic E-state index is 12.1. The van der Waals surface area contributed by atoms with Crippen LogP contribution in [0.15, 0.2) is 48.8 Å². The van der Waals surface area contributed by atoms with Crippen LogP contribution in [0.4, 0.5) is 5.69 Å². The van der Waals surface area contributed by atoms with Gasteiger partial charge in [0.15, 0.2) is 0 Å². The fourth-order valence-electron chi connectivity index (χ4n) is 2.91. The van der Waals surface area contributed by atoms with Gasteiger partial charge in [-0.25, -0.2) is 0 Å². The third-order valence-electron chi connectivity index (χ3n) is 4.26. The molecule has 136 valence electrons. The number of thioether (sulfide) groups is 1. The molecule has 0 spiro atoms. The third-order valence-corrected chi connectivity index (χ3v) is 5.26. The van der Waals surface area contributed by atoms with Crippen LogP contribution in [0.3, 0.4) is 0 Å². The number of nitrogens with one attached hydrogen (secondary N) is 1. The Labute approximate surface area is 158 Å². The van der Waals surface area contributed by atoms with E-state index in [1.807, 2.05) is 47.5 Å². The topological polar surface area (TPSA) is 62.3 Å². The van der Waals surface area contributed by atoms with Crippen LogP contribution in [0.2, 0.25) is 0 Å². The standard InChI is InChI=1S/C20H23N3O2S/c24-19(15-26-14-17-6-4-9-21-12-17)22-13-16-5-3-7-18(11-16)23-10-2-1-8-20(23)25/h3-7,9,11-12H,1-2,8,10,13-15H2,(H,22,24). The third kappa shape index (κ3) is 5.33. The normalized spacial score (nSPS) is 14.3. The van der Waals surface area contributed by atoms with Gasteiger partial charge >= 0.3 is 0 Å². The number of amides is 2. The molecule has 0 unspecified atom stereocenters. The monoisotopic (exact) mass is 369 g/mol. The molecule has 1 fully saturated rings. The van der Waals surface area contributed by atoms with Crippen molar-refractivity contribution in [3.8, 4) is 0 Å². The van der Waals surface area contributed by atoms with Crippen LogP contribution in [0, 0.1) is 0 Å². The average Bonchev–Trinajstić information content (AvgIpc) is 2.68. The molecule has 2 amide bonds. The van der Waals surface area contributed by atoms with E-state index in [2.05, 4.69) is 10.3 Å². The van der Waals surface area contributed by atoms with E-state index in [9.17, 15) is 9.59 Å². The van der Waals surface area contributed by atoms with E-state index < -0.39 is 0 Å². The van der Waals surface area contributed by atoms with Crippen molar-refractivity contribution < 1.29 is 9.59 Å². The first-order chi connectivity index (χ1) is 12.7. The number of pyridine rings is 1. The van der Waals surface area contributed by atoms with Gasteiger partial charge in [0.25, 0.3) is 0 Å². The van der Waals surface area contributed by atoms with Gasteiger partial charge in [-0.1, -0.05) is 18.2 Å². The lowest BCUT2D eigenvalue weighted by molar-refractivity contribution is -0.120. The highest BCUT2D eigenvalue weighted by Gasteiger charge is 2.19.